The second-order valence-electron chi connectivity index (χ2n) is 8.49. The lowest BCUT2D eigenvalue weighted by atomic mass is 9.89. The molecule has 4 aromatic carbocycles. The van der Waals surface area contributed by atoms with E-state index in [9.17, 15) is 13.2 Å². The van der Waals surface area contributed by atoms with Crippen LogP contribution in [0.5, 0.6) is 5.75 Å². The molecule has 6 nitrogen and oxygen atoms in total. The average Bonchev–Trinajstić information content (AvgIpc) is 3.35. The van der Waals surface area contributed by atoms with Gasteiger partial charge in [-0.05, 0) is 66.2 Å². The Morgan fingerprint density at radius 1 is 0.838 bits per heavy atom. The van der Waals surface area contributed by atoms with E-state index in [1.54, 1.807) is 79.9 Å². The van der Waals surface area contributed by atoms with Crippen molar-refractivity contribution in [2.45, 2.75) is 10.3 Å². The van der Waals surface area contributed by atoms with Crippen molar-refractivity contribution in [2.24, 2.45) is 11.0 Å². The fourth-order valence-corrected chi connectivity index (χ4v) is 6.37. The van der Waals surface area contributed by atoms with Crippen LogP contribution in [0, 0.1) is 5.92 Å². The monoisotopic (exact) mass is 530 g/mol. The van der Waals surface area contributed by atoms with Gasteiger partial charge in [-0.25, -0.2) is 13.4 Å². The number of hydrazone groups is 1. The molecule has 1 aliphatic rings. The van der Waals surface area contributed by atoms with E-state index in [4.69, 9.17) is 21.4 Å². The van der Waals surface area contributed by atoms with Crippen molar-refractivity contribution < 1.29 is 17.9 Å². The first kappa shape index (κ1) is 24.7. The number of sulfone groups is 1. The quantitative estimate of drug-likeness (QED) is 0.279. The van der Waals surface area contributed by atoms with Crippen LogP contribution in [0.15, 0.2) is 119 Å². The number of ketones is 1. The minimum absolute atomic E-state index is 0.0554. The molecular weight excluding hydrogens is 508 g/mol. The Balaban J connectivity index is 1.73. The minimum Gasteiger partial charge on any atom is -0.497 e. The highest BCUT2D eigenvalue weighted by Gasteiger charge is 2.50. The number of para-hydroxylation sites is 1. The molecule has 0 radical (unpaired) electrons. The third-order valence-corrected chi connectivity index (χ3v) is 8.53. The molecule has 0 bridgehead atoms. The SMILES string of the molecule is COc1ccc(C2=NN(c3ccccc3)C(S(=O)(=O)c3ccc(Cl)cc3)C2C(=O)c2ccccc2)cc1. The molecule has 4 aromatic rings. The van der Waals surface area contributed by atoms with E-state index in [0.717, 1.165) is 0 Å². The number of hydrogen-bond acceptors (Lipinski definition) is 6. The highest BCUT2D eigenvalue weighted by Crippen LogP contribution is 2.38. The van der Waals surface area contributed by atoms with Gasteiger partial charge >= 0.3 is 0 Å². The Labute approximate surface area is 220 Å². The number of Topliss-reactive ketones (excluding diaryl/α,β-unsaturated/α-hetero) is 1. The molecule has 0 saturated carbocycles. The Morgan fingerprint density at radius 2 is 1.43 bits per heavy atom. The summed E-state index contributed by atoms with van der Waals surface area (Å²) in [6.45, 7) is 0. The molecule has 37 heavy (non-hydrogen) atoms. The summed E-state index contributed by atoms with van der Waals surface area (Å²) in [5, 5.41) is 5.32. The maximum atomic E-state index is 14.2. The summed E-state index contributed by atoms with van der Waals surface area (Å²) < 4.78 is 33.7. The van der Waals surface area contributed by atoms with E-state index in [-0.39, 0.29) is 10.7 Å². The number of carbonyl (C=O) groups is 1. The molecule has 8 heteroatoms. The Hall–Kier alpha value is -3.94. The van der Waals surface area contributed by atoms with Gasteiger partial charge in [0.2, 0.25) is 9.84 Å². The van der Waals surface area contributed by atoms with Crippen LogP contribution in [0.25, 0.3) is 0 Å². The number of halogens is 1. The zero-order valence-corrected chi connectivity index (χ0v) is 21.4. The van der Waals surface area contributed by atoms with Crippen molar-refractivity contribution in [3.05, 3.63) is 125 Å². The molecule has 0 N–H and O–H groups in total. The second kappa shape index (κ2) is 10.2. The van der Waals surface area contributed by atoms with Gasteiger partial charge in [-0.2, -0.15) is 5.10 Å². The van der Waals surface area contributed by atoms with Crippen molar-refractivity contribution in [3.63, 3.8) is 0 Å². The van der Waals surface area contributed by atoms with Gasteiger partial charge in [0, 0.05) is 10.6 Å². The molecule has 186 valence electrons. The smallest absolute Gasteiger partial charge is 0.202 e. The van der Waals surface area contributed by atoms with Gasteiger partial charge in [0.05, 0.1) is 23.4 Å². The maximum Gasteiger partial charge on any atom is 0.202 e. The summed E-state index contributed by atoms with van der Waals surface area (Å²) >= 11 is 6.04. The standard InChI is InChI=1S/C29H23ClN2O4S/c1-36-24-16-12-20(13-17-24)27-26(28(33)21-8-4-2-5-9-21)29(32(31-27)23-10-6-3-7-11-23)37(34,35)25-18-14-22(30)15-19-25/h2-19,26,29H,1H3. The van der Waals surface area contributed by atoms with Gasteiger partial charge < -0.3 is 4.74 Å². The number of methoxy groups -OCH3 is 1. The highest BCUT2D eigenvalue weighted by molar-refractivity contribution is 7.92. The molecular formula is C29H23ClN2O4S. The summed E-state index contributed by atoms with van der Waals surface area (Å²) in [5.74, 6) is -0.800. The summed E-state index contributed by atoms with van der Waals surface area (Å²) in [5.41, 5.74) is 1.95. The Morgan fingerprint density at radius 3 is 2.03 bits per heavy atom. The molecule has 5 rings (SSSR count). The van der Waals surface area contributed by atoms with E-state index >= 15 is 0 Å². The summed E-state index contributed by atoms with van der Waals surface area (Å²) in [6.07, 6.45) is 0. The number of carbonyl (C=O) groups excluding carboxylic acids is 1. The van der Waals surface area contributed by atoms with Crippen LogP contribution in [0.3, 0.4) is 0 Å². The summed E-state index contributed by atoms with van der Waals surface area (Å²) in [4.78, 5) is 14.1. The third kappa shape index (κ3) is 4.75. The molecule has 0 saturated heterocycles. The largest absolute Gasteiger partial charge is 0.497 e. The van der Waals surface area contributed by atoms with Crippen LogP contribution in [0.4, 0.5) is 5.69 Å². The van der Waals surface area contributed by atoms with E-state index < -0.39 is 21.1 Å². The molecule has 1 aliphatic heterocycles. The average molecular weight is 531 g/mol. The lowest BCUT2D eigenvalue weighted by Gasteiger charge is -2.27. The normalized spacial score (nSPS) is 17.4. The summed E-state index contributed by atoms with van der Waals surface area (Å²) in [7, 11) is -2.54. The predicted molar refractivity (Wildman–Crippen MR) is 145 cm³/mol. The van der Waals surface area contributed by atoms with Crippen molar-refractivity contribution in [1.29, 1.82) is 0 Å². The number of ether oxygens (including phenoxy) is 1. The molecule has 1 heterocycles. The third-order valence-electron chi connectivity index (χ3n) is 6.24. The van der Waals surface area contributed by atoms with Gasteiger partial charge in [0.25, 0.3) is 0 Å². The molecule has 2 unspecified atom stereocenters. The van der Waals surface area contributed by atoms with Crippen molar-refractivity contribution in [3.8, 4) is 5.75 Å². The van der Waals surface area contributed by atoms with Gasteiger partial charge in [-0.15, -0.1) is 0 Å². The molecule has 0 amide bonds. The van der Waals surface area contributed by atoms with Crippen molar-refractivity contribution in [2.75, 3.05) is 12.1 Å². The van der Waals surface area contributed by atoms with Crippen LogP contribution in [-0.4, -0.2) is 32.4 Å². The molecule has 0 fully saturated rings. The van der Waals surface area contributed by atoms with E-state index in [1.807, 2.05) is 12.1 Å². The first-order chi connectivity index (χ1) is 17.9. The van der Waals surface area contributed by atoms with E-state index in [2.05, 4.69) is 0 Å². The fraction of sp³-hybridized carbons (Fsp3) is 0.103. The van der Waals surface area contributed by atoms with E-state index in [1.165, 1.54) is 29.3 Å². The van der Waals surface area contributed by atoms with Crippen LogP contribution < -0.4 is 9.75 Å². The van der Waals surface area contributed by atoms with Crippen LogP contribution in [0.2, 0.25) is 5.02 Å². The van der Waals surface area contributed by atoms with Crippen LogP contribution in [0.1, 0.15) is 15.9 Å². The van der Waals surface area contributed by atoms with Gasteiger partial charge in [-0.3, -0.25) is 4.79 Å². The molecule has 2 atom stereocenters. The number of hydrogen-bond donors (Lipinski definition) is 0. The van der Waals surface area contributed by atoms with Gasteiger partial charge in [0.1, 0.15) is 11.7 Å². The number of rotatable bonds is 7. The van der Waals surface area contributed by atoms with Gasteiger partial charge in [0.15, 0.2) is 11.2 Å². The van der Waals surface area contributed by atoms with Crippen molar-refractivity contribution >= 4 is 38.6 Å². The Bertz CT molecular complexity index is 1540. The van der Waals surface area contributed by atoms with Crippen LogP contribution >= 0.6 is 11.6 Å². The second-order valence-corrected chi connectivity index (χ2v) is 11.0. The number of anilines is 1. The Kier molecular flexibility index (Phi) is 6.82. The lowest BCUT2D eigenvalue weighted by molar-refractivity contribution is 0.0954. The van der Waals surface area contributed by atoms with Crippen molar-refractivity contribution in [1.82, 2.24) is 0 Å². The van der Waals surface area contributed by atoms with Gasteiger partial charge in [-0.1, -0.05) is 60.1 Å². The first-order valence-electron chi connectivity index (χ1n) is 11.6. The van der Waals surface area contributed by atoms with E-state index in [0.29, 0.717) is 33.3 Å². The summed E-state index contributed by atoms with van der Waals surface area (Å²) in [6, 6.07) is 30.7. The predicted octanol–water partition coefficient (Wildman–Crippen LogP) is 5.87. The zero-order chi connectivity index (χ0) is 26.0. The number of nitrogens with zero attached hydrogens (tertiary/aromatic N) is 2. The van der Waals surface area contributed by atoms with Crippen LogP contribution in [-0.2, 0) is 9.84 Å². The topological polar surface area (TPSA) is 76.0 Å². The molecule has 0 aromatic heterocycles. The fourth-order valence-electron chi connectivity index (χ4n) is 4.41. The lowest BCUT2D eigenvalue weighted by Crippen LogP contribution is -2.44. The zero-order valence-electron chi connectivity index (χ0n) is 19.9. The maximum absolute atomic E-state index is 14.2. The first-order valence-corrected chi connectivity index (χ1v) is 13.5. The number of benzene rings is 4. The minimum atomic E-state index is -4.10. The molecule has 0 aliphatic carbocycles. The highest BCUT2D eigenvalue weighted by atomic mass is 35.5. The molecule has 0 spiro atoms.